The summed E-state index contributed by atoms with van der Waals surface area (Å²) in [6.45, 7) is 6.60. The molecule has 2 heterocycles. The molecule has 0 unspecified atom stereocenters. The van der Waals surface area contributed by atoms with Crippen LogP contribution in [0.25, 0.3) is 11.5 Å². The summed E-state index contributed by atoms with van der Waals surface area (Å²) in [4.78, 5) is 20.2. The number of carbonyl (C=O) groups is 1. The Bertz CT molecular complexity index is 806. The summed E-state index contributed by atoms with van der Waals surface area (Å²) in [5.41, 5.74) is 0.853. The molecule has 7 heteroatoms. The molecule has 1 aromatic carbocycles. The number of amides is 1. The van der Waals surface area contributed by atoms with Crippen LogP contribution in [0.1, 0.15) is 24.8 Å². The molecule has 3 rings (SSSR count). The number of likely N-dealkylation sites (tertiary alicyclic amines) is 1. The highest BCUT2D eigenvalue weighted by molar-refractivity contribution is 5.78. The molecule has 1 fully saturated rings. The van der Waals surface area contributed by atoms with Crippen molar-refractivity contribution >= 4 is 5.91 Å². The summed E-state index contributed by atoms with van der Waals surface area (Å²) in [5, 5.41) is 0. The Morgan fingerprint density at radius 3 is 2.81 bits per heavy atom. The van der Waals surface area contributed by atoms with Gasteiger partial charge in [0.2, 0.25) is 11.8 Å². The van der Waals surface area contributed by atoms with E-state index in [0.717, 1.165) is 25.7 Å². The summed E-state index contributed by atoms with van der Waals surface area (Å²) in [5.74, 6) is -0.0758. The summed E-state index contributed by atoms with van der Waals surface area (Å²) < 4.78 is 32.6. The molecular formula is C19H23F2N3O2. The van der Waals surface area contributed by atoms with Crippen molar-refractivity contribution in [2.24, 2.45) is 5.92 Å². The van der Waals surface area contributed by atoms with E-state index < -0.39 is 11.6 Å². The van der Waals surface area contributed by atoms with Crippen molar-refractivity contribution in [1.29, 1.82) is 0 Å². The van der Waals surface area contributed by atoms with Crippen LogP contribution in [-0.2, 0) is 11.3 Å². The molecule has 26 heavy (non-hydrogen) atoms. The fourth-order valence-corrected chi connectivity index (χ4v) is 3.40. The van der Waals surface area contributed by atoms with Crippen molar-refractivity contribution in [3.8, 4) is 11.5 Å². The first kappa shape index (κ1) is 18.5. The second-order valence-corrected chi connectivity index (χ2v) is 6.85. The molecule has 1 aliphatic rings. The van der Waals surface area contributed by atoms with Gasteiger partial charge in [0.05, 0.1) is 11.3 Å². The summed E-state index contributed by atoms with van der Waals surface area (Å²) in [6.07, 6.45) is 0.571. The number of hydrogen-bond acceptors (Lipinski definition) is 4. The Morgan fingerprint density at radius 1 is 1.38 bits per heavy atom. The van der Waals surface area contributed by atoms with Gasteiger partial charge in [-0.1, -0.05) is 0 Å². The van der Waals surface area contributed by atoms with Crippen molar-refractivity contribution in [3.05, 3.63) is 41.3 Å². The van der Waals surface area contributed by atoms with Crippen LogP contribution in [0.15, 0.2) is 22.6 Å². The minimum absolute atomic E-state index is 0.142. The monoisotopic (exact) mass is 363 g/mol. The molecule has 1 amide bonds. The third-order valence-electron chi connectivity index (χ3n) is 4.72. The summed E-state index contributed by atoms with van der Waals surface area (Å²) in [7, 11) is 1.96. The fraction of sp³-hybridized carbons (Fsp3) is 0.474. The average molecular weight is 363 g/mol. The normalized spacial score (nSPS) is 17.5. The predicted octanol–water partition coefficient (Wildman–Crippen LogP) is 3.23. The van der Waals surface area contributed by atoms with Gasteiger partial charge in [-0.05, 0) is 38.9 Å². The molecule has 1 aromatic heterocycles. The molecular weight excluding hydrogens is 340 g/mol. The number of aromatic nitrogens is 1. The maximum atomic E-state index is 13.9. The molecule has 1 atom stereocenters. The molecule has 0 spiro atoms. The van der Waals surface area contributed by atoms with E-state index in [9.17, 15) is 13.6 Å². The number of benzene rings is 1. The standard InChI is InChI=1S/C19H23F2N3O2/c1-4-24-10-13(7-18(24)25)9-23(3)11-17-12(2)26-19(22-17)15-6-5-14(20)8-16(15)21/h5-6,8,13H,4,7,9-11H2,1-3H3/t13-/m0/s1. The highest BCUT2D eigenvalue weighted by Gasteiger charge is 2.29. The summed E-state index contributed by atoms with van der Waals surface area (Å²) in [6, 6.07) is 3.32. The largest absolute Gasteiger partial charge is 0.441 e. The second kappa shape index (κ2) is 7.53. The number of nitrogens with zero attached hydrogens (tertiary/aromatic N) is 3. The number of carbonyl (C=O) groups excluding carboxylic acids is 1. The van der Waals surface area contributed by atoms with Gasteiger partial charge in [0.1, 0.15) is 17.4 Å². The predicted molar refractivity (Wildman–Crippen MR) is 93.3 cm³/mol. The number of rotatable bonds is 6. The van der Waals surface area contributed by atoms with Crippen molar-refractivity contribution < 1.29 is 18.0 Å². The van der Waals surface area contributed by atoms with Gasteiger partial charge in [-0.3, -0.25) is 4.79 Å². The van der Waals surface area contributed by atoms with Crippen LogP contribution >= 0.6 is 0 Å². The van der Waals surface area contributed by atoms with E-state index in [2.05, 4.69) is 9.88 Å². The molecule has 0 N–H and O–H groups in total. The van der Waals surface area contributed by atoms with Crippen LogP contribution < -0.4 is 0 Å². The number of oxazole rings is 1. The van der Waals surface area contributed by atoms with Crippen molar-refractivity contribution in [2.75, 3.05) is 26.7 Å². The van der Waals surface area contributed by atoms with Gasteiger partial charge >= 0.3 is 0 Å². The molecule has 0 bridgehead atoms. The van der Waals surface area contributed by atoms with Gasteiger partial charge in [0.15, 0.2) is 0 Å². The van der Waals surface area contributed by atoms with Crippen LogP contribution in [0.2, 0.25) is 0 Å². The Balaban J connectivity index is 1.67. The highest BCUT2D eigenvalue weighted by Crippen LogP contribution is 2.26. The lowest BCUT2D eigenvalue weighted by Gasteiger charge is -2.20. The Labute approximate surface area is 151 Å². The van der Waals surface area contributed by atoms with E-state index in [-0.39, 0.29) is 17.4 Å². The molecule has 1 aliphatic heterocycles. The average Bonchev–Trinajstić information content (AvgIpc) is 3.10. The van der Waals surface area contributed by atoms with Gasteiger partial charge in [-0.15, -0.1) is 0 Å². The summed E-state index contributed by atoms with van der Waals surface area (Å²) >= 11 is 0. The third kappa shape index (κ3) is 3.93. The topological polar surface area (TPSA) is 49.6 Å². The molecule has 0 aliphatic carbocycles. The Hall–Kier alpha value is -2.28. The lowest BCUT2D eigenvalue weighted by atomic mass is 10.1. The number of hydrogen-bond donors (Lipinski definition) is 0. The molecule has 2 aromatic rings. The Morgan fingerprint density at radius 2 is 2.15 bits per heavy atom. The SMILES string of the molecule is CCN1C[C@H](CN(C)Cc2nc(-c3ccc(F)cc3F)oc2C)CC1=O. The van der Waals surface area contributed by atoms with E-state index in [1.165, 1.54) is 12.1 Å². The number of halogens is 2. The van der Waals surface area contributed by atoms with Gasteiger partial charge in [-0.25, -0.2) is 13.8 Å². The molecule has 0 radical (unpaired) electrons. The molecule has 0 saturated carbocycles. The van der Waals surface area contributed by atoms with E-state index >= 15 is 0 Å². The van der Waals surface area contributed by atoms with Crippen molar-refractivity contribution in [2.45, 2.75) is 26.8 Å². The minimum Gasteiger partial charge on any atom is -0.441 e. The first-order valence-corrected chi connectivity index (χ1v) is 8.75. The first-order valence-electron chi connectivity index (χ1n) is 8.75. The van der Waals surface area contributed by atoms with E-state index in [4.69, 9.17) is 4.42 Å². The third-order valence-corrected chi connectivity index (χ3v) is 4.72. The van der Waals surface area contributed by atoms with Crippen LogP contribution in [0, 0.1) is 24.5 Å². The van der Waals surface area contributed by atoms with Gasteiger partial charge in [-0.2, -0.15) is 0 Å². The zero-order valence-electron chi connectivity index (χ0n) is 15.3. The van der Waals surface area contributed by atoms with Gasteiger partial charge in [0, 0.05) is 38.7 Å². The highest BCUT2D eigenvalue weighted by atomic mass is 19.1. The van der Waals surface area contributed by atoms with Gasteiger partial charge in [0.25, 0.3) is 0 Å². The minimum atomic E-state index is -0.699. The quantitative estimate of drug-likeness (QED) is 0.791. The Kier molecular flexibility index (Phi) is 5.36. The zero-order chi connectivity index (χ0) is 18.8. The van der Waals surface area contributed by atoms with Crippen LogP contribution in [0.3, 0.4) is 0 Å². The van der Waals surface area contributed by atoms with E-state index in [0.29, 0.717) is 30.3 Å². The zero-order valence-corrected chi connectivity index (χ0v) is 15.3. The van der Waals surface area contributed by atoms with Crippen molar-refractivity contribution in [1.82, 2.24) is 14.8 Å². The van der Waals surface area contributed by atoms with E-state index in [1.54, 1.807) is 6.92 Å². The molecule has 5 nitrogen and oxygen atoms in total. The maximum absolute atomic E-state index is 13.9. The van der Waals surface area contributed by atoms with E-state index in [1.807, 2.05) is 18.9 Å². The molecule has 1 saturated heterocycles. The lowest BCUT2D eigenvalue weighted by molar-refractivity contribution is -0.127. The van der Waals surface area contributed by atoms with Crippen molar-refractivity contribution in [3.63, 3.8) is 0 Å². The first-order chi connectivity index (χ1) is 12.4. The van der Waals surface area contributed by atoms with Gasteiger partial charge < -0.3 is 14.2 Å². The van der Waals surface area contributed by atoms with Crippen LogP contribution in [0.5, 0.6) is 0 Å². The van der Waals surface area contributed by atoms with Crippen LogP contribution in [0.4, 0.5) is 8.78 Å². The maximum Gasteiger partial charge on any atom is 0.229 e. The molecule has 140 valence electrons. The lowest BCUT2D eigenvalue weighted by Crippen LogP contribution is -2.28. The second-order valence-electron chi connectivity index (χ2n) is 6.85. The van der Waals surface area contributed by atoms with Crippen LogP contribution in [-0.4, -0.2) is 47.4 Å². The number of aryl methyl sites for hydroxylation is 1. The smallest absolute Gasteiger partial charge is 0.229 e. The fourth-order valence-electron chi connectivity index (χ4n) is 3.40.